The van der Waals surface area contributed by atoms with E-state index in [1.54, 1.807) is 55.4 Å². The first-order valence-electron chi connectivity index (χ1n) is 18.2. The lowest BCUT2D eigenvalue weighted by Crippen LogP contribution is -2.32. The normalized spacial score (nSPS) is 18.0. The minimum atomic E-state index is -0.203. The van der Waals surface area contributed by atoms with Gasteiger partial charge in [-0.1, -0.05) is 36.4 Å². The number of fused-ring (bicyclic) bond motifs is 4. The number of hydrogen-bond acceptors (Lipinski definition) is 10. The molecule has 0 fully saturated rings. The van der Waals surface area contributed by atoms with Crippen LogP contribution in [0.1, 0.15) is 56.7 Å². The van der Waals surface area contributed by atoms with Crippen molar-refractivity contribution in [3.05, 3.63) is 113 Å². The van der Waals surface area contributed by atoms with Gasteiger partial charge >= 0.3 is 0 Å². The Labute approximate surface area is 319 Å². The van der Waals surface area contributed by atoms with Crippen LogP contribution in [-0.4, -0.2) is 80.7 Å². The monoisotopic (exact) mass is 739 g/mol. The number of rotatable bonds is 12. The Morgan fingerprint density at radius 3 is 1.55 bits per heavy atom. The van der Waals surface area contributed by atoms with Crippen LogP contribution in [0.2, 0.25) is 0 Å². The number of methoxy groups -OCH3 is 3. The molecule has 0 bridgehead atoms. The van der Waals surface area contributed by atoms with Crippen LogP contribution in [0.3, 0.4) is 0 Å². The van der Waals surface area contributed by atoms with Crippen molar-refractivity contribution in [3.8, 4) is 28.7 Å². The fourth-order valence-electron chi connectivity index (χ4n) is 7.23. The Balaban J connectivity index is 0.906. The van der Waals surface area contributed by atoms with Crippen molar-refractivity contribution < 1.29 is 33.3 Å². The van der Waals surface area contributed by atoms with Gasteiger partial charge in [0.15, 0.2) is 23.0 Å². The van der Waals surface area contributed by atoms with Crippen LogP contribution in [0.4, 0.5) is 11.4 Å². The van der Waals surface area contributed by atoms with Gasteiger partial charge in [0.2, 0.25) is 0 Å². The van der Waals surface area contributed by atoms with Gasteiger partial charge in [-0.3, -0.25) is 19.6 Å². The van der Waals surface area contributed by atoms with Gasteiger partial charge in [0, 0.05) is 62.8 Å². The Morgan fingerprint density at radius 1 is 0.636 bits per heavy atom. The summed E-state index contributed by atoms with van der Waals surface area (Å²) in [5.41, 5.74) is 12.9. The highest BCUT2D eigenvalue weighted by atomic mass is 16.5. The van der Waals surface area contributed by atoms with E-state index in [9.17, 15) is 9.59 Å². The van der Waals surface area contributed by atoms with E-state index in [-0.39, 0.29) is 23.9 Å². The van der Waals surface area contributed by atoms with Crippen LogP contribution in [0, 0.1) is 0 Å². The van der Waals surface area contributed by atoms with Gasteiger partial charge in [-0.15, -0.1) is 0 Å². The number of carbonyl (C=O) groups is 2. The third-order valence-electron chi connectivity index (χ3n) is 10.3. The third kappa shape index (κ3) is 6.92. The average molecular weight is 740 g/mol. The van der Waals surface area contributed by atoms with Crippen molar-refractivity contribution in [1.29, 1.82) is 0 Å². The highest BCUT2D eigenvalue weighted by molar-refractivity contribution is 6.06. The Kier molecular flexibility index (Phi) is 9.81. The molecule has 0 saturated heterocycles. The lowest BCUT2D eigenvalue weighted by molar-refractivity contribution is 0.0809. The van der Waals surface area contributed by atoms with E-state index in [0.29, 0.717) is 84.5 Å². The zero-order valence-electron chi connectivity index (χ0n) is 30.9. The fourth-order valence-corrected chi connectivity index (χ4v) is 7.23. The smallest absolute Gasteiger partial charge is 0.260 e. The Hall–Kier alpha value is -6.40. The van der Waals surface area contributed by atoms with E-state index in [4.69, 9.17) is 39.4 Å². The molecule has 8 rings (SSSR count). The van der Waals surface area contributed by atoms with Gasteiger partial charge in [0.1, 0.15) is 5.75 Å². The molecule has 0 aromatic heterocycles. The van der Waals surface area contributed by atoms with E-state index in [2.05, 4.69) is 0 Å². The highest BCUT2D eigenvalue weighted by Crippen LogP contribution is 2.42. The molecule has 2 amide bonds. The quantitative estimate of drug-likeness (QED) is 0.154. The van der Waals surface area contributed by atoms with Crippen molar-refractivity contribution in [3.63, 3.8) is 0 Å². The lowest BCUT2D eigenvalue weighted by Gasteiger charge is -2.19. The molecule has 280 valence electrons. The predicted molar refractivity (Wildman–Crippen MR) is 210 cm³/mol. The van der Waals surface area contributed by atoms with Crippen LogP contribution < -0.4 is 29.4 Å². The third-order valence-corrected chi connectivity index (χ3v) is 10.3. The number of aliphatic imine (C=N–C) groups is 2. The largest absolute Gasteiger partial charge is 0.497 e. The summed E-state index contributed by atoms with van der Waals surface area (Å²) in [4.78, 5) is 40.4. The van der Waals surface area contributed by atoms with Crippen LogP contribution in [0.5, 0.6) is 28.7 Å². The van der Waals surface area contributed by atoms with E-state index >= 15 is 0 Å². The molecule has 0 aliphatic carbocycles. The van der Waals surface area contributed by atoms with E-state index in [1.807, 2.05) is 73.4 Å². The number of nitrogens with zero attached hydrogens (tertiary/aromatic N) is 4. The number of ether oxygens (including phenoxy) is 5. The minimum absolute atomic E-state index is 0.153. The zero-order chi connectivity index (χ0) is 38.1. The summed E-state index contributed by atoms with van der Waals surface area (Å²) in [6.07, 6.45) is 9.27. The van der Waals surface area contributed by atoms with Crippen molar-refractivity contribution in [2.45, 2.75) is 37.9 Å². The molecule has 2 atom stereocenters. The number of nitrogens with two attached hydrogens (primary N) is 1. The van der Waals surface area contributed by atoms with Crippen LogP contribution in [-0.2, 0) is 6.54 Å². The molecule has 0 spiro atoms. The number of carbonyl (C=O) groups excluding carboxylic acids is 2. The lowest BCUT2D eigenvalue weighted by atomic mass is 10.0. The van der Waals surface area contributed by atoms with E-state index in [0.717, 1.165) is 33.6 Å². The Bertz CT molecular complexity index is 2100. The van der Waals surface area contributed by atoms with Gasteiger partial charge in [-0.05, 0) is 52.1 Å². The number of amides is 2. The van der Waals surface area contributed by atoms with Gasteiger partial charge in [-0.25, -0.2) is 0 Å². The second-order valence-corrected chi connectivity index (χ2v) is 13.6. The summed E-state index contributed by atoms with van der Waals surface area (Å²) in [7, 11) is 4.72. The summed E-state index contributed by atoms with van der Waals surface area (Å²) < 4.78 is 28.8. The molecule has 0 saturated carbocycles. The first-order valence-corrected chi connectivity index (χ1v) is 18.2. The first kappa shape index (κ1) is 35.6. The molecule has 55 heavy (non-hydrogen) atoms. The molecule has 4 aromatic carbocycles. The molecule has 2 N–H and O–H groups in total. The summed E-state index contributed by atoms with van der Waals surface area (Å²) >= 11 is 0. The summed E-state index contributed by atoms with van der Waals surface area (Å²) in [6, 6.07) is 22.4. The maximum Gasteiger partial charge on any atom is 0.260 e. The molecule has 4 aliphatic rings. The van der Waals surface area contributed by atoms with Gasteiger partial charge in [0.25, 0.3) is 11.8 Å². The van der Waals surface area contributed by atoms with Gasteiger partial charge in [0.05, 0.1) is 69.1 Å². The second kappa shape index (κ2) is 15.2. The summed E-state index contributed by atoms with van der Waals surface area (Å²) in [6.45, 7) is 1.09. The summed E-state index contributed by atoms with van der Waals surface area (Å²) in [5, 5.41) is 0. The van der Waals surface area contributed by atoms with Crippen LogP contribution in [0.25, 0.3) is 11.1 Å². The molecule has 12 nitrogen and oxygen atoms in total. The molecule has 4 aromatic rings. The van der Waals surface area contributed by atoms with Gasteiger partial charge < -0.3 is 39.2 Å². The van der Waals surface area contributed by atoms with Gasteiger partial charge in [-0.2, -0.15) is 0 Å². The van der Waals surface area contributed by atoms with E-state index < -0.39 is 0 Å². The Morgan fingerprint density at radius 2 is 1.11 bits per heavy atom. The molecule has 0 radical (unpaired) electrons. The molecule has 4 heterocycles. The molecular weight excluding hydrogens is 699 g/mol. The number of hydrogen-bond donors (Lipinski definition) is 1. The van der Waals surface area contributed by atoms with Crippen LogP contribution in [0.15, 0.2) is 95.2 Å². The SMILES string of the molecule is COc1ccc(C2=CN3C(=O)c4cc(OC)c(OCCCOc5cc6c(cc5OC)C(=O)N5C=C(c7ccc(CN)cc7)CC5C=N6)cc4N=CC3C2)cc1. The number of benzene rings is 4. The second-order valence-electron chi connectivity index (χ2n) is 13.6. The maximum atomic E-state index is 13.7. The van der Waals surface area contributed by atoms with Crippen molar-refractivity contribution >= 4 is 46.8 Å². The molecule has 2 unspecified atom stereocenters. The van der Waals surface area contributed by atoms with Crippen molar-refractivity contribution in [2.75, 3.05) is 34.5 Å². The first-order chi connectivity index (χ1) is 26.9. The molecular formula is C43H41N5O7. The summed E-state index contributed by atoms with van der Waals surface area (Å²) in [5.74, 6) is 2.29. The standard InChI is InChI=1S/C43H41N5O7/c1-51-33-11-9-28(10-12-33)30-16-32-23-46-37-20-41(39(53-3)18-35(37)43(50)48(32)25-30)55-14-4-13-54-40-19-36-34(17-38(40)52-2)42(49)47-24-29(15-31(47)22-45-36)27-7-5-26(21-44)6-8-27/h5-12,17-20,22-25,31-32H,4,13-16,21,44H2,1-3H3. The van der Waals surface area contributed by atoms with E-state index in [1.165, 1.54) is 0 Å². The van der Waals surface area contributed by atoms with Crippen molar-refractivity contribution in [1.82, 2.24) is 9.80 Å². The maximum absolute atomic E-state index is 13.7. The topological polar surface area (TPSA) is 138 Å². The van der Waals surface area contributed by atoms with Crippen molar-refractivity contribution in [2.24, 2.45) is 15.7 Å². The fraction of sp³-hybridized carbons (Fsp3) is 0.256. The van der Waals surface area contributed by atoms with Crippen LogP contribution >= 0.6 is 0 Å². The zero-order valence-corrected chi connectivity index (χ0v) is 30.9. The predicted octanol–water partition coefficient (Wildman–Crippen LogP) is 6.96. The molecule has 4 aliphatic heterocycles. The highest BCUT2D eigenvalue weighted by Gasteiger charge is 2.35. The average Bonchev–Trinajstić information content (AvgIpc) is 3.80. The molecule has 12 heteroatoms. The minimum Gasteiger partial charge on any atom is -0.497 e.